The van der Waals surface area contributed by atoms with Crippen molar-refractivity contribution in [1.82, 2.24) is 14.5 Å². The molecule has 0 radical (unpaired) electrons. The number of nitrogens with zero attached hydrogens (tertiary/aromatic N) is 2. The first-order chi connectivity index (χ1) is 11.9. The Bertz CT molecular complexity index is 959. The molecule has 0 bridgehead atoms. The number of hydrogen-bond acceptors (Lipinski definition) is 4. The lowest BCUT2D eigenvalue weighted by Crippen LogP contribution is -2.37. The normalized spacial score (nSPS) is 17.2. The number of aliphatic carboxylic acids is 1. The molecule has 0 spiro atoms. The Morgan fingerprint density at radius 2 is 2.08 bits per heavy atom. The molecular formula is C17H19N3O5. The summed E-state index contributed by atoms with van der Waals surface area (Å²) < 4.78 is 1.09. The zero-order chi connectivity index (χ0) is 18.1. The summed E-state index contributed by atoms with van der Waals surface area (Å²) in [6.45, 7) is 2.47. The predicted molar refractivity (Wildman–Crippen MR) is 90.8 cm³/mol. The molecule has 2 N–H and O–H groups in total. The fraction of sp³-hybridized carbons (Fsp3) is 0.412. The molecule has 1 aliphatic rings. The van der Waals surface area contributed by atoms with Crippen molar-refractivity contribution in [2.75, 3.05) is 6.54 Å². The first-order valence-electron chi connectivity index (χ1n) is 8.22. The van der Waals surface area contributed by atoms with Gasteiger partial charge in [0.25, 0.3) is 11.5 Å². The lowest BCUT2D eigenvalue weighted by atomic mass is 10.1. The summed E-state index contributed by atoms with van der Waals surface area (Å²) in [7, 11) is 0. The largest absolute Gasteiger partial charge is 0.481 e. The van der Waals surface area contributed by atoms with Gasteiger partial charge in [-0.05, 0) is 38.0 Å². The average molecular weight is 345 g/mol. The highest BCUT2D eigenvalue weighted by Crippen LogP contribution is 2.23. The van der Waals surface area contributed by atoms with E-state index in [-0.39, 0.29) is 24.9 Å². The zero-order valence-electron chi connectivity index (χ0n) is 13.8. The van der Waals surface area contributed by atoms with Crippen LogP contribution in [0.2, 0.25) is 0 Å². The van der Waals surface area contributed by atoms with Gasteiger partial charge in [0.15, 0.2) is 0 Å². The Labute approximate surface area is 142 Å². The van der Waals surface area contributed by atoms with Crippen molar-refractivity contribution in [3.05, 3.63) is 44.6 Å². The maximum atomic E-state index is 12.7. The molecule has 8 heteroatoms. The van der Waals surface area contributed by atoms with Crippen LogP contribution in [-0.2, 0) is 11.3 Å². The van der Waals surface area contributed by atoms with Crippen LogP contribution in [0, 0.1) is 0 Å². The second-order valence-corrected chi connectivity index (χ2v) is 6.13. The van der Waals surface area contributed by atoms with Crippen LogP contribution in [0.15, 0.2) is 27.8 Å². The van der Waals surface area contributed by atoms with Crippen LogP contribution in [0.1, 0.15) is 36.5 Å². The van der Waals surface area contributed by atoms with Crippen LogP contribution in [0.25, 0.3) is 10.9 Å². The van der Waals surface area contributed by atoms with Crippen LogP contribution in [0.3, 0.4) is 0 Å². The van der Waals surface area contributed by atoms with Gasteiger partial charge >= 0.3 is 11.7 Å². The summed E-state index contributed by atoms with van der Waals surface area (Å²) in [5.41, 5.74) is -0.284. The highest BCUT2D eigenvalue weighted by Gasteiger charge is 2.31. The SMILES string of the molecule is CCn1c(=O)[nH]c2cc(C(=O)N3CCCC3CC(=O)O)ccc2c1=O. The van der Waals surface area contributed by atoms with Gasteiger partial charge in [-0.25, -0.2) is 4.79 Å². The molecule has 132 valence electrons. The molecule has 2 heterocycles. The fourth-order valence-electron chi connectivity index (χ4n) is 3.36. The van der Waals surface area contributed by atoms with Crippen molar-refractivity contribution in [1.29, 1.82) is 0 Å². The van der Waals surface area contributed by atoms with E-state index >= 15 is 0 Å². The van der Waals surface area contributed by atoms with Gasteiger partial charge in [-0.2, -0.15) is 0 Å². The maximum Gasteiger partial charge on any atom is 0.328 e. The monoisotopic (exact) mass is 345 g/mol. The van der Waals surface area contributed by atoms with Crippen LogP contribution >= 0.6 is 0 Å². The quantitative estimate of drug-likeness (QED) is 0.851. The Balaban J connectivity index is 1.99. The summed E-state index contributed by atoms with van der Waals surface area (Å²) in [6, 6.07) is 4.22. The van der Waals surface area contributed by atoms with E-state index in [4.69, 9.17) is 5.11 Å². The molecular weight excluding hydrogens is 326 g/mol. The molecule has 1 aliphatic heterocycles. The topological polar surface area (TPSA) is 112 Å². The third kappa shape index (κ3) is 3.07. The number of nitrogens with one attached hydrogen (secondary N) is 1. The van der Waals surface area contributed by atoms with Crippen LogP contribution in [-0.4, -0.2) is 44.0 Å². The first-order valence-corrected chi connectivity index (χ1v) is 8.22. The fourth-order valence-corrected chi connectivity index (χ4v) is 3.36. The summed E-state index contributed by atoms with van der Waals surface area (Å²) >= 11 is 0. The van der Waals surface area contributed by atoms with E-state index in [1.165, 1.54) is 12.1 Å². The van der Waals surface area contributed by atoms with Crippen LogP contribution < -0.4 is 11.2 Å². The number of likely N-dealkylation sites (tertiary alicyclic amines) is 1. The number of carboxylic acids is 1. The molecule has 1 amide bonds. The number of hydrogen-bond donors (Lipinski definition) is 2. The number of aromatic amines is 1. The van der Waals surface area contributed by atoms with Crippen molar-refractivity contribution < 1.29 is 14.7 Å². The van der Waals surface area contributed by atoms with E-state index in [1.807, 2.05) is 0 Å². The smallest absolute Gasteiger partial charge is 0.328 e. The Kier molecular flexibility index (Phi) is 4.43. The number of carbonyl (C=O) groups is 2. The number of fused-ring (bicyclic) bond motifs is 1. The minimum absolute atomic E-state index is 0.0859. The van der Waals surface area contributed by atoms with Gasteiger partial charge in [0.2, 0.25) is 0 Å². The third-order valence-corrected chi connectivity index (χ3v) is 4.59. The summed E-state index contributed by atoms with van der Waals surface area (Å²) in [5, 5.41) is 9.32. The number of carboxylic acid groups (broad SMARTS) is 1. The Morgan fingerprint density at radius 1 is 1.32 bits per heavy atom. The minimum Gasteiger partial charge on any atom is -0.481 e. The van der Waals surface area contributed by atoms with Crippen molar-refractivity contribution in [2.24, 2.45) is 0 Å². The molecule has 1 saturated heterocycles. The number of H-pyrrole nitrogens is 1. The van der Waals surface area contributed by atoms with Gasteiger partial charge in [-0.15, -0.1) is 0 Å². The lowest BCUT2D eigenvalue weighted by Gasteiger charge is -2.23. The van der Waals surface area contributed by atoms with E-state index in [2.05, 4.69) is 4.98 Å². The number of carbonyl (C=O) groups excluding carboxylic acids is 1. The number of benzene rings is 1. The van der Waals surface area contributed by atoms with Gasteiger partial charge in [-0.3, -0.25) is 19.0 Å². The number of amides is 1. The van der Waals surface area contributed by atoms with Crippen LogP contribution in [0.5, 0.6) is 0 Å². The summed E-state index contributed by atoms with van der Waals surface area (Å²) in [6.07, 6.45) is 1.33. The van der Waals surface area contributed by atoms with Crippen molar-refractivity contribution in [3.8, 4) is 0 Å². The minimum atomic E-state index is -0.937. The third-order valence-electron chi connectivity index (χ3n) is 4.59. The second kappa shape index (κ2) is 6.54. The molecule has 1 unspecified atom stereocenters. The molecule has 1 atom stereocenters. The molecule has 2 aromatic rings. The molecule has 8 nitrogen and oxygen atoms in total. The second-order valence-electron chi connectivity index (χ2n) is 6.13. The summed E-state index contributed by atoms with van der Waals surface area (Å²) in [4.78, 5) is 52.1. The van der Waals surface area contributed by atoms with E-state index < -0.39 is 17.2 Å². The van der Waals surface area contributed by atoms with Crippen LogP contribution in [0.4, 0.5) is 0 Å². The van der Waals surface area contributed by atoms with Gasteiger partial charge in [0.1, 0.15) is 0 Å². The molecule has 1 aromatic heterocycles. The van der Waals surface area contributed by atoms with E-state index in [9.17, 15) is 19.2 Å². The Morgan fingerprint density at radius 3 is 2.76 bits per heavy atom. The summed E-state index contributed by atoms with van der Waals surface area (Å²) in [5.74, 6) is -1.22. The van der Waals surface area contributed by atoms with E-state index in [1.54, 1.807) is 17.9 Å². The average Bonchev–Trinajstić information content (AvgIpc) is 3.01. The van der Waals surface area contributed by atoms with Gasteiger partial charge < -0.3 is 15.0 Å². The standard InChI is InChI=1S/C17H19N3O5/c1-2-19-16(24)12-6-5-10(8-13(12)18-17(19)25)15(23)20-7-3-4-11(20)9-14(21)22/h5-6,8,11H,2-4,7,9H2,1H3,(H,18,25)(H,21,22). The van der Waals surface area contributed by atoms with Gasteiger partial charge in [-0.1, -0.05) is 0 Å². The highest BCUT2D eigenvalue weighted by atomic mass is 16.4. The Hall–Kier alpha value is -2.90. The highest BCUT2D eigenvalue weighted by molar-refractivity contribution is 5.98. The molecule has 25 heavy (non-hydrogen) atoms. The molecule has 3 rings (SSSR count). The molecule has 0 saturated carbocycles. The van der Waals surface area contributed by atoms with Crippen molar-refractivity contribution in [3.63, 3.8) is 0 Å². The first kappa shape index (κ1) is 16.9. The predicted octanol–water partition coefficient (Wildman–Crippen LogP) is 0.789. The molecule has 1 fully saturated rings. The number of aromatic nitrogens is 2. The van der Waals surface area contributed by atoms with E-state index in [0.717, 1.165) is 11.0 Å². The molecule has 0 aliphatic carbocycles. The van der Waals surface area contributed by atoms with Gasteiger partial charge in [0, 0.05) is 24.7 Å². The number of rotatable bonds is 4. The maximum absolute atomic E-state index is 12.7. The zero-order valence-corrected chi connectivity index (χ0v) is 13.8. The van der Waals surface area contributed by atoms with Crippen molar-refractivity contribution in [2.45, 2.75) is 38.8 Å². The van der Waals surface area contributed by atoms with E-state index in [0.29, 0.717) is 29.4 Å². The molecule has 1 aromatic carbocycles. The van der Waals surface area contributed by atoms with Crippen molar-refractivity contribution >= 4 is 22.8 Å². The lowest BCUT2D eigenvalue weighted by molar-refractivity contribution is -0.137. The van der Waals surface area contributed by atoms with Gasteiger partial charge in [0.05, 0.1) is 17.3 Å².